The quantitative estimate of drug-likeness (QED) is 0.375. The maximum atomic E-state index is 12.4. The summed E-state index contributed by atoms with van der Waals surface area (Å²) in [6.07, 6.45) is -1.78. The fourth-order valence-electron chi connectivity index (χ4n) is 1.04. The van der Waals surface area contributed by atoms with Crippen LogP contribution >= 0.6 is 20.1 Å². The third-order valence-corrected chi connectivity index (χ3v) is 4.51. The van der Waals surface area contributed by atoms with Crippen molar-refractivity contribution >= 4 is 32.1 Å². The summed E-state index contributed by atoms with van der Waals surface area (Å²) >= 11 is 0.265. The number of hydrogen-bond donors (Lipinski definition) is 0. The van der Waals surface area contributed by atoms with Gasteiger partial charge in [0, 0.05) is 6.92 Å². The lowest BCUT2D eigenvalue weighted by Gasteiger charge is -2.23. The molecular formula is C11H22NO7PS. The highest BCUT2D eigenvalue weighted by atomic mass is 32.2. The highest BCUT2D eigenvalue weighted by molar-refractivity contribution is 7.96. The fourth-order valence-corrected chi connectivity index (χ4v) is 3.22. The van der Waals surface area contributed by atoms with Gasteiger partial charge in [0.1, 0.15) is 12.2 Å². The molecule has 0 spiro atoms. The summed E-state index contributed by atoms with van der Waals surface area (Å²) in [5, 5.41) is 0. The van der Waals surface area contributed by atoms with Crippen molar-refractivity contribution in [2.24, 2.45) is 0 Å². The zero-order valence-electron chi connectivity index (χ0n) is 13.0. The maximum Gasteiger partial charge on any atom is 0.488 e. The third kappa shape index (κ3) is 8.43. The normalized spacial score (nSPS) is 11.8. The lowest BCUT2D eigenvalue weighted by Crippen LogP contribution is -2.29. The van der Waals surface area contributed by atoms with Crippen molar-refractivity contribution in [1.82, 2.24) is 4.31 Å². The summed E-state index contributed by atoms with van der Waals surface area (Å²) in [5.74, 6) is -0.640. The number of amides is 2. The molecule has 0 aromatic heterocycles. The van der Waals surface area contributed by atoms with Gasteiger partial charge in [-0.25, -0.2) is 9.36 Å². The predicted octanol–water partition coefficient (Wildman–Crippen LogP) is 3.53. The van der Waals surface area contributed by atoms with Crippen LogP contribution in [-0.4, -0.2) is 35.1 Å². The molecule has 0 atom stereocenters. The van der Waals surface area contributed by atoms with Crippen molar-refractivity contribution in [3.8, 4) is 0 Å². The molecule has 10 heteroatoms. The van der Waals surface area contributed by atoms with Gasteiger partial charge in [-0.1, -0.05) is 0 Å². The highest BCUT2D eigenvalue weighted by Gasteiger charge is 2.34. The zero-order chi connectivity index (χ0) is 16.6. The second-order valence-electron chi connectivity index (χ2n) is 4.42. The van der Waals surface area contributed by atoms with E-state index in [0.29, 0.717) is 4.31 Å². The Balaban J connectivity index is 4.87. The second kappa shape index (κ2) is 9.42. The van der Waals surface area contributed by atoms with Gasteiger partial charge in [-0.05, 0) is 34.6 Å². The SMILES string of the molecule is CCOC(=O)N(SOP(=O)(OC(C)C)OC(C)C)C(C)=O. The van der Waals surface area contributed by atoms with E-state index in [9.17, 15) is 14.2 Å². The molecule has 0 unspecified atom stereocenters. The summed E-state index contributed by atoms with van der Waals surface area (Å²) in [4.78, 5) is 22.9. The molecule has 0 aliphatic heterocycles. The smallest absolute Gasteiger partial charge is 0.449 e. The van der Waals surface area contributed by atoms with Crippen molar-refractivity contribution in [3.63, 3.8) is 0 Å². The molecule has 21 heavy (non-hydrogen) atoms. The Hall–Kier alpha value is -0.600. The molecule has 124 valence electrons. The Kier molecular flexibility index (Phi) is 9.15. The van der Waals surface area contributed by atoms with E-state index in [1.54, 1.807) is 34.6 Å². The molecule has 0 saturated heterocycles. The molecule has 0 heterocycles. The number of imide groups is 1. The maximum absolute atomic E-state index is 12.4. The number of ether oxygens (including phenoxy) is 1. The van der Waals surface area contributed by atoms with Crippen molar-refractivity contribution < 1.29 is 31.9 Å². The van der Waals surface area contributed by atoms with Crippen LogP contribution in [0.2, 0.25) is 0 Å². The van der Waals surface area contributed by atoms with E-state index < -0.39 is 32.0 Å². The summed E-state index contributed by atoms with van der Waals surface area (Å²) in [7, 11) is -3.92. The minimum absolute atomic E-state index is 0.0891. The Bertz CT molecular complexity index is 388. The Morgan fingerprint density at radius 3 is 1.95 bits per heavy atom. The van der Waals surface area contributed by atoms with Crippen molar-refractivity contribution in [2.45, 2.75) is 53.8 Å². The van der Waals surface area contributed by atoms with Crippen LogP contribution in [0.4, 0.5) is 4.79 Å². The second-order valence-corrected chi connectivity index (χ2v) is 6.84. The van der Waals surface area contributed by atoms with Gasteiger partial charge in [-0.2, -0.15) is 8.28 Å². The molecule has 0 saturated carbocycles. The molecule has 0 aliphatic rings. The lowest BCUT2D eigenvalue weighted by molar-refractivity contribution is -0.122. The molecule has 0 bridgehead atoms. The Morgan fingerprint density at radius 2 is 1.62 bits per heavy atom. The van der Waals surface area contributed by atoms with Crippen molar-refractivity contribution in [1.29, 1.82) is 0 Å². The molecule has 0 aliphatic carbocycles. The lowest BCUT2D eigenvalue weighted by atomic mass is 10.5. The minimum atomic E-state index is -3.92. The molecule has 0 aromatic rings. The largest absolute Gasteiger partial charge is 0.488 e. The first-order valence-corrected chi connectivity index (χ1v) is 8.57. The Labute approximate surface area is 129 Å². The number of carbonyl (C=O) groups excluding carboxylic acids is 2. The van der Waals surface area contributed by atoms with Gasteiger partial charge >= 0.3 is 13.9 Å². The van der Waals surface area contributed by atoms with Crippen LogP contribution in [0.3, 0.4) is 0 Å². The monoisotopic (exact) mass is 343 g/mol. The predicted molar refractivity (Wildman–Crippen MR) is 78.3 cm³/mol. The highest BCUT2D eigenvalue weighted by Crippen LogP contribution is 2.55. The first-order chi connectivity index (χ1) is 9.61. The fraction of sp³-hybridized carbons (Fsp3) is 0.818. The Morgan fingerprint density at radius 1 is 1.14 bits per heavy atom. The summed E-state index contributed by atoms with van der Waals surface area (Å²) in [6, 6.07) is 0. The minimum Gasteiger partial charge on any atom is -0.449 e. The number of nitrogens with zero attached hydrogens (tertiary/aromatic N) is 1. The summed E-state index contributed by atoms with van der Waals surface area (Å²) < 4.78 is 32.8. The van der Waals surface area contributed by atoms with Crippen LogP contribution in [0.25, 0.3) is 0 Å². The standard InChI is InChI=1S/C11H22NO7PS/c1-7-16-11(14)12(10(6)13)21-19-20(15,17-8(2)3)18-9(4)5/h8-9H,7H2,1-6H3. The number of phosphoric ester groups is 1. The van der Waals surface area contributed by atoms with E-state index >= 15 is 0 Å². The van der Waals surface area contributed by atoms with Gasteiger partial charge in [0.15, 0.2) is 0 Å². The number of rotatable bonds is 8. The summed E-state index contributed by atoms with van der Waals surface area (Å²) in [5.41, 5.74) is 0. The van der Waals surface area contributed by atoms with Gasteiger partial charge in [-0.15, -0.1) is 0 Å². The van der Waals surface area contributed by atoms with Gasteiger partial charge in [0.2, 0.25) is 5.91 Å². The van der Waals surface area contributed by atoms with Crippen LogP contribution < -0.4 is 0 Å². The van der Waals surface area contributed by atoms with Crippen molar-refractivity contribution in [3.05, 3.63) is 0 Å². The van der Waals surface area contributed by atoms with E-state index in [1.807, 2.05) is 0 Å². The van der Waals surface area contributed by atoms with Crippen LogP contribution in [0.15, 0.2) is 0 Å². The first-order valence-electron chi connectivity index (χ1n) is 6.42. The molecule has 8 nitrogen and oxygen atoms in total. The van der Waals surface area contributed by atoms with Gasteiger partial charge in [0.05, 0.1) is 18.8 Å². The van der Waals surface area contributed by atoms with Gasteiger partial charge < -0.3 is 4.74 Å². The van der Waals surface area contributed by atoms with E-state index in [-0.39, 0.29) is 18.8 Å². The first kappa shape index (κ1) is 20.4. The van der Waals surface area contributed by atoms with Crippen LogP contribution in [-0.2, 0) is 27.1 Å². The molecule has 0 fully saturated rings. The molecule has 0 radical (unpaired) electrons. The summed E-state index contributed by atoms with van der Waals surface area (Å²) in [6.45, 7) is 9.43. The number of phosphoric acid groups is 1. The van der Waals surface area contributed by atoms with Crippen LogP contribution in [0.1, 0.15) is 41.5 Å². The third-order valence-electron chi connectivity index (χ3n) is 1.60. The van der Waals surface area contributed by atoms with Crippen LogP contribution in [0, 0.1) is 0 Å². The van der Waals surface area contributed by atoms with E-state index in [4.69, 9.17) is 13.0 Å². The molecule has 0 N–H and O–H groups in total. The topological polar surface area (TPSA) is 91.4 Å². The van der Waals surface area contributed by atoms with Crippen molar-refractivity contribution in [2.75, 3.05) is 6.61 Å². The van der Waals surface area contributed by atoms with E-state index in [0.717, 1.165) is 6.92 Å². The number of hydrogen-bond acceptors (Lipinski definition) is 8. The average Bonchev–Trinajstić information content (AvgIpc) is 2.26. The van der Waals surface area contributed by atoms with Gasteiger partial charge in [0.25, 0.3) is 0 Å². The average molecular weight is 343 g/mol. The molecular weight excluding hydrogens is 321 g/mol. The van der Waals surface area contributed by atoms with E-state index in [2.05, 4.69) is 4.74 Å². The van der Waals surface area contributed by atoms with Crippen LogP contribution in [0.5, 0.6) is 0 Å². The van der Waals surface area contributed by atoms with E-state index in [1.165, 1.54) is 0 Å². The number of carbonyl (C=O) groups is 2. The molecule has 2 amide bonds. The zero-order valence-corrected chi connectivity index (χ0v) is 14.7. The van der Waals surface area contributed by atoms with Gasteiger partial charge in [-0.3, -0.25) is 13.8 Å². The molecule has 0 rings (SSSR count). The molecule has 0 aromatic carbocycles.